The van der Waals surface area contributed by atoms with Crippen LogP contribution in [-0.2, 0) is 0 Å². The van der Waals surface area contributed by atoms with E-state index >= 15 is 0 Å². The third-order valence-electron chi connectivity index (χ3n) is 3.18. The minimum Gasteiger partial charge on any atom is -0.494 e. The van der Waals surface area contributed by atoms with Crippen LogP contribution in [-0.4, -0.2) is 13.2 Å². The van der Waals surface area contributed by atoms with Gasteiger partial charge in [0.15, 0.2) is 0 Å². The van der Waals surface area contributed by atoms with Crippen LogP contribution >= 0.6 is 0 Å². The Morgan fingerprint density at radius 2 is 1.81 bits per heavy atom. The van der Waals surface area contributed by atoms with Crippen molar-refractivity contribution in [2.75, 3.05) is 13.2 Å². The highest BCUT2D eigenvalue weighted by atomic mass is 16.5. The van der Waals surface area contributed by atoms with Crippen LogP contribution in [0.2, 0.25) is 0 Å². The van der Waals surface area contributed by atoms with Crippen molar-refractivity contribution in [2.24, 2.45) is 0 Å². The van der Waals surface area contributed by atoms with Gasteiger partial charge in [0, 0.05) is 5.56 Å². The Labute approximate surface area is 127 Å². The van der Waals surface area contributed by atoms with Gasteiger partial charge < -0.3 is 9.47 Å². The van der Waals surface area contributed by atoms with Crippen molar-refractivity contribution in [3.05, 3.63) is 48.5 Å². The molecule has 0 aromatic heterocycles. The largest absolute Gasteiger partial charge is 0.494 e. The van der Waals surface area contributed by atoms with Crippen molar-refractivity contribution in [2.45, 2.75) is 33.1 Å². The molecule has 0 aliphatic carbocycles. The summed E-state index contributed by atoms with van der Waals surface area (Å²) in [5.74, 6) is 1.80. The first kappa shape index (κ1) is 15.4. The number of hydrogen-bond acceptors (Lipinski definition) is 2. The Morgan fingerprint density at radius 3 is 2.62 bits per heavy atom. The highest BCUT2D eigenvalue weighted by molar-refractivity contribution is 5.71. The van der Waals surface area contributed by atoms with Gasteiger partial charge in [0.1, 0.15) is 11.5 Å². The van der Waals surface area contributed by atoms with Crippen LogP contribution in [0.1, 0.15) is 33.1 Å². The van der Waals surface area contributed by atoms with Gasteiger partial charge in [0.25, 0.3) is 0 Å². The molecule has 2 nitrogen and oxygen atoms in total. The van der Waals surface area contributed by atoms with Crippen LogP contribution in [0, 0.1) is 6.07 Å². The second-order valence-corrected chi connectivity index (χ2v) is 4.98. The number of benzene rings is 2. The maximum atomic E-state index is 5.89. The Bertz CT molecular complexity index is 549. The summed E-state index contributed by atoms with van der Waals surface area (Å²) in [6, 6.07) is 17.3. The molecule has 0 atom stereocenters. The summed E-state index contributed by atoms with van der Waals surface area (Å²) in [6.45, 7) is 5.75. The summed E-state index contributed by atoms with van der Waals surface area (Å²) in [4.78, 5) is 0. The standard InChI is InChI=1S/C19H23O2/c1-3-5-14-21-19-12-7-6-11-18(19)16-9-8-10-17(15-16)20-13-4-2/h6-8,10-12,15H,3-5,13-14H2,1-2H3. The van der Waals surface area contributed by atoms with Gasteiger partial charge in [-0.2, -0.15) is 0 Å². The van der Waals surface area contributed by atoms with Crippen LogP contribution in [0.5, 0.6) is 11.5 Å². The summed E-state index contributed by atoms with van der Waals surface area (Å²) >= 11 is 0. The zero-order chi connectivity index (χ0) is 14.9. The fourth-order valence-corrected chi connectivity index (χ4v) is 2.05. The van der Waals surface area contributed by atoms with Crippen molar-refractivity contribution < 1.29 is 9.47 Å². The van der Waals surface area contributed by atoms with Crippen LogP contribution in [0.25, 0.3) is 11.1 Å². The minimum absolute atomic E-state index is 0.734. The van der Waals surface area contributed by atoms with Crippen LogP contribution in [0.3, 0.4) is 0 Å². The zero-order valence-corrected chi connectivity index (χ0v) is 12.9. The van der Waals surface area contributed by atoms with Crippen molar-refractivity contribution in [1.82, 2.24) is 0 Å². The molecule has 0 aliphatic rings. The van der Waals surface area contributed by atoms with Gasteiger partial charge >= 0.3 is 0 Å². The van der Waals surface area contributed by atoms with Gasteiger partial charge in [-0.15, -0.1) is 0 Å². The van der Waals surface area contributed by atoms with Crippen LogP contribution < -0.4 is 9.47 Å². The lowest BCUT2D eigenvalue weighted by Crippen LogP contribution is -1.98. The predicted octanol–water partition coefficient (Wildman–Crippen LogP) is 5.12. The predicted molar refractivity (Wildman–Crippen MR) is 86.9 cm³/mol. The molecule has 0 N–H and O–H groups in total. The van der Waals surface area contributed by atoms with Crippen molar-refractivity contribution in [1.29, 1.82) is 0 Å². The average Bonchev–Trinajstić information content (AvgIpc) is 2.54. The minimum atomic E-state index is 0.734. The smallest absolute Gasteiger partial charge is 0.127 e. The summed E-state index contributed by atoms with van der Waals surface area (Å²) in [6.07, 6.45) is 3.21. The normalized spacial score (nSPS) is 10.4. The summed E-state index contributed by atoms with van der Waals surface area (Å²) in [7, 11) is 0. The molecule has 0 spiro atoms. The third kappa shape index (κ3) is 4.52. The van der Waals surface area contributed by atoms with Gasteiger partial charge in [-0.3, -0.25) is 0 Å². The van der Waals surface area contributed by atoms with E-state index in [1.54, 1.807) is 0 Å². The molecule has 2 rings (SSSR count). The zero-order valence-electron chi connectivity index (χ0n) is 12.9. The lowest BCUT2D eigenvalue weighted by atomic mass is 10.0. The Morgan fingerprint density at radius 1 is 0.952 bits per heavy atom. The first-order chi connectivity index (χ1) is 10.3. The number of rotatable bonds is 8. The van der Waals surface area contributed by atoms with E-state index < -0.39 is 0 Å². The van der Waals surface area contributed by atoms with E-state index in [1.165, 1.54) is 0 Å². The molecule has 2 aromatic carbocycles. The lowest BCUT2D eigenvalue weighted by molar-refractivity contribution is 0.310. The maximum absolute atomic E-state index is 5.89. The van der Waals surface area contributed by atoms with E-state index in [-0.39, 0.29) is 0 Å². The molecule has 2 heteroatoms. The molecule has 0 bridgehead atoms. The first-order valence-electron chi connectivity index (χ1n) is 7.72. The second-order valence-electron chi connectivity index (χ2n) is 4.98. The van der Waals surface area contributed by atoms with E-state index in [0.29, 0.717) is 0 Å². The Balaban J connectivity index is 2.20. The van der Waals surface area contributed by atoms with Gasteiger partial charge in [-0.1, -0.05) is 44.5 Å². The lowest BCUT2D eigenvalue weighted by Gasteiger charge is -2.12. The quantitative estimate of drug-likeness (QED) is 0.626. The Hall–Kier alpha value is -1.96. The molecule has 0 fully saturated rings. The molecule has 0 amide bonds. The molecular formula is C19H23O2. The topological polar surface area (TPSA) is 18.5 Å². The maximum Gasteiger partial charge on any atom is 0.127 e. The van der Waals surface area contributed by atoms with E-state index in [1.807, 2.05) is 36.4 Å². The molecule has 0 aliphatic heterocycles. The van der Waals surface area contributed by atoms with Gasteiger partial charge in [-0.05, 0) is 42.7 Å². The second kappa shape index (κ2) is 8.35. The molecule has 2 aromatic rings. The molecular weight excluding hydrogens is 260 g/mol. The first-order valence-corrected chi connectivity index (χ1v) is 7.72. The molecule has 21 heavy (non-hydrogen) atoms. The van der Waals surface area contributed by atoms with Crippen molar-refractivity contribution in [3.8, 4) is 22.6 Å². The highest BCUT2D eigenvalue weighted by Gasteiger charge is 2.07. The molecule has 111 valence electrons. The van der Waals surface area contributed by atoms with Gasteiger partial charge in [-0.25, -0.2) is 0 Å². The van der Waals surface area contributed by atoms with E-state index in [4.69, 9.17) is 9.47 Å². The summed E-state index contributed by atoms with van der Waals surface area (Å²) in [5, 5.41) is 0. The average molecular weight is 283 g/mol. The molecule has 0 saturated carbocycles. The Kier molecular flexibility index (Phi) is 6.14. The van der Waals surface area contributed by atoms with E-state index in [2.05, 4.69) is 26.0 Å². The SMILES string of the molecule is CCCCOc1ccccc1-c1[c]ccc(OCCC)c1. The number of ether oxygens (including phenoxy) is 2. The fraction of sp³-hybridized carbons (Fsp3) is 0.368. The van der Waals surface area contributed by atoms with Crippen LogP contribution in [0.15, 0.2) is 42.5 Å². The summed E-state index contributed by atoms with van der Waals surface area (Å²) < 4.78 is 11.6. The van der Waals surface area contributed by atoms with Crippen LogP contribution in [0.4, 0.5) is 0 Å². The fourth-order valence-electron chi connectivity index (χ4n) is 2.05. The molecule has 0 unspecified atom stereocenters. The molecule has 0 saturated heterocycles. The number of para-hydroxylation sites is 1. The van der Waals surface area contributed by atoms with Crippen molar-refractivity contribution in [3.63, 3.8) is 0 Å². The monoisotopic (exact) mass is 283 g/mol. The molecule has 1 radical (unpaired) electrons. The van der Waals surface area contributed by atoms with Crippen molar-refractivity contribution >= 4 is 0 Å². The van der Waals surface area contributed by atoms with Gasteiger partial charge in [0.05, 0.1) is 13.2 Å². The number of unbranched alkanes of at least 4 members (excludes halogenated alkanes) is 1. The molecule has 0 heterocycles. The number of hydrogen-bond donors (Lipinski definition) is 0. The third-order valence-corrected chi connectivity index (χ3v) is 3.18. The van der Waals surface area contributed by atoms with Gasteiger partial charge in [0.2, 0.25) is 0 Å². The van der Waals surface area contributed by atoms with E-state index in [0.717, 1.165) is 55.1 Å². The van der Waals surface area contributed by atoms with E-state index in [9.17, 15) is 0 Å². The summed E-state index contributed by atoms with van der Waals surface area (Å²) in [5.41, 5.74) is 2.08. The highest BCUT2D eigenvalue weighted by Crippen LogP contribution is 2.31.